The summed E-state index contributed by atoms with van der Waals surface area (Å²) in [5, 5.41) is 0. The molecule has 0 atom stereocenters. The van der Waals surface area contributed by atoms with Gasteiger partial charge in [-0.1, -0.05) is 19.9 Å². The zero-order valence-corrected chi connectivity index (χ0v) is 13.6. The van der Waals surface area contributed by atoms with Crippen molar-refractivity contribution in [3.05, 3.63) is 23.9 Å². The molecule has 1 aromatic rings. The van der Waals surface area contributed by atoms with E-state index < -0.39 is 0 Å². The molecule has 0 bridgehead atoms. The third-order valence-electron chi connectivity index (χ3n) is 4.98. The van der Waals surface area contributed by atoms with Gasteiger partial charge >= 0.3 is 0 Å². The van der Waals surface area contributed by atoms with Crippen LogP contribution in [0.1, 0.15) is 45.2 Å². The van der Waals surface area contributed by atoms with Crippen molar-refractivity contribution in [2.45, 2.75) is 51.6 Å². The van der Waals surface area contributed by atoms with Crippen LogP contribution in [-0.2, 0) is 6.54 Å². The van der Waals surface area contributed by atoms with E-state index in [2.05, 4.69) is 29.8 Å². The average Bonchev–Trinajstić information content (AvgIpc) is 2.54. The molecule has 0 saturated heterocycles. The van der Waals surface area contributed by atoms with Gasteiger partial charge in [0.05, 0.1) is 12.8 Å². The van der Waals surface area contributed by atoms with Crippen LogP contribution in [-0.4, -0.2) is 35.6 Å². The van der Waals surface area contributed by atoms with Gasteiger partial charge in [0, 0.05) is 24.7 Å². The first kappa shape index (κ1) is 16.2. The number of ether oxygens (including phenoxy) is 1. The first-order chi connectivity index (χ1) is 10.1. The molecule has 0 aliphatic heterocycles. The Hall–Kier alpha value is -1.13. The highest BCUT2D eigenvalue weighted by Gasteiger charge is 2.37. The Morgan fingerprint density at radius 1 is 1.38 bits per heavy atom. The molecule has 2 rings (SSSR count). The largest absolute Gasteiger partial charge is 0.481 e. The van der Waals surface area contributed by atoms with Gasteiger partial charge in [0.1, 0.15) is 0 Å². The lowest BCUT2D eigenvalue weighted by Crippen LogP contribution is -2.55. The van der Waals surface area contributed by atoms with E-state index in [0.717, 1.165) is 31.2 Å². The van der Waals surface area contributed by atoms with Crippen molar-refractivity contribution >= 4 is 0 Å². The third-order valence-corrected chi connectivity index (χ3v) is 4.98. The molecule has 1 fully saturated rings. The van der Waals surface area contributed by atoms with Crippen LogP contribution in [0.25, 0.3) is 0 Å². The molecule has 1 aromatic heterocycles. The standard InChI is InChI=1S/C17H29N3O/c1-4-20(12-15-6-5-7-16(19-15)21-3)17(13-18)10-8-14(2)9-11-17/h5-7,14H,4,8-13,18H2,1-3H3. The van der Waals surface area contributed by atoms with Crippen molar-refractivity contribution in [1.82, 2.24) is 9.88 Å². The van der Waals surface area contributed by atoms with Crippen LogP contribution in [0.4, 0.5) is 0 Å². The number of pyridine rings is 1. The maximum absolute atomic E-state index is 6.18. The highest BCUT2D eigenvalue weighted by atomic mass is 16.5. The van der Waals surface area contributed by atoms with E-state index in [1.807, 2.05) is 12.1 Å². The Morgan fingerprint density at radius 2 is 2.10 bits per heavy atom. The number of hydrogen-bond donors (Lipinski definition) is 1. The molecule has 1 aliphatic carbocycles. The number of hydrogen-bond acceptors (Lipinski definition) is 4. The van der Waals surface area contributed by atoms with Crippen molar-refractivity contribution in [2.24, 2.45) is 11.7 Å². The minimum atomic E-state index is 0.145. The molecule has 1 saturated carbocycles. The summed E-state index contributed by atoms with van der Waals surface area (Å²) in [7, 11) is 1.66. The lowest BCUT2D eigenvalue weighted by molar-refractivity contribution is 0.0412. The fraction of sp³-hybridized carbons (Fsp3) is 0.706. The Balaban J connectivity index is 2.13. The van der Waals surface area contributed by atoms with Crippen LogP contribution in [0.3, 0.4) is 0 Å². The SMILES string of the molecule is CCN(Cc1cccc(OC)n1)C1(CN)CCC(C)CC1. The van der Waals surface area contributed by atoms with E-state index in [9.17, 15) is 0 Å². The molecule has 118 valence electrons. The topological polar surface area (TPSA) is 51.4 Å². The van der Waals surface area contributed by atoms with Crippen molar-refractivity contribution in [3.8, 4) is 5.88 Å². The zero-order valence-electron chi connectivity index (χ0n) is 13.6. The van der Waals surface area contributed by atoms with Crippen LogP contribution in [0, 0.1) is 5.92 Å². The van der Waals surface area contributed by atoms with Crippen LogP contribution in [0.15, 0.2) is 18.2 Å². The van der Waals surface area contributed by atoms with E-state index >= 15 is 0 Å². The number of rotatable bonds is 6. The number of aromatic nitrogens is 1. The second kappa shape index (κ2) is 7.23. The fourth-order valence-corrected chi connectivity index (χ4v) is 3.42. The molecule has 0 unspecified atom stereocenters. The van der Waals surface area contributed by atoms with Gasteiger partial charge in [0.2, 0.25) is 5.88 Å². The molecule has 4 heteroatoms. The van der Waals surface area contributed by atoms with E-state index in [-0.39, 0.29) is 5.54 Å². The lowest BCUT2D eigenvalue weighted by Gasteiger charge is -2.47. The van der Waals surface area contributed by atoms with Gasteiger partial charge in [-0.15, -0.1) is 0 Å². The van der Waals surface area contributed by atoms with Crippen LogP contribution in [0.5, 0.6) is 5.88 Å². The highest BCUT2D eigenvalue weighted by Crippen LogP contribution is 2.36. The molecule has 0 amide bonds. The number of likely N-dealkylation sites (N-methyl/N-ethyl adjacent to an activating group) is 1. The summed E-state index contributed by atoms with van der Waals surface area (Å²) in [5.74, 6) is 1.51. The normalized spacial score (nSPS) is 26.0. The molecule has 2 N–H and O–H groups in total. The van der Waals surface area contributed by atoms with Gasteiger partial charge in [0.25, 0.3) is 0 Å². The minimum Gasteiger partial charge on any atom is -0.481 e. The Kier molecular flexibility index (Phi) is 5.59. The molecule has 0 aromatic carbocycles. The van der Waals surface area contributed by atoms with Gasteiger partial charge in [-0.05, 0) is 44.2 Å². The van der Waals surface area contributed by atoms with Crippen molar-refractivity contribution in [3.63, 3.8) is 0 Å². The summed E-state index contributed by atoms with van der Waals surface area (Å²) in [5.41, 5.74) is 7.39. The highest BCUT2D eigenvalue weighted by molar-refractivity contribution is 5.16. The monoisotopic (exact) mass is 291 g/mol. The number of nitrogens with two attached hydrogens (primary N) is 1. The van der Waals surface area contributed by atoms with E-state index in [4.69, 9.17) is 10.5 Å². The number of methoxy groups -OCH3 is 1. The van der Waals surface area contributed by atoms with Gasteiger partial charge in [-0.25, -0.2) is 4.98 Å². The van der Waals surface area contributed by atoms with Crippen molar-refractivity contribution in [1.29, 1.82) is 0 Å². The summed E-state index contributed by atoms with van der Waals surface area (Å²) in [6, 6.07) is 5.97. The Bertz CT molecular complexity index is 441. The van der Waals surface area contributed by atoms with Crippen LogP contribution in [0.2, 0.25) is 0 Å². The molecule has 21 heavy (non-hydrogen) atoms. The smallest absolute Gasteiger partial charge is 0.213 e. The summed E-state index contributed by atoms with van der Waals surface area (Å²) >= 11 is 0. The predicted octanol–water partition coefficient (Wildman–Crippen LogP) is 2.82. The predicted molar refractivity (Wildman–Crippen MR) is 86.3 cm³/mol. The molecular weight excluding hydrogens is 262 g/mol. The summed E-state index contributed by atoms with van der Waals surface area (Å²) in [4.78, 5) is 7.06. The van der Waals surface area contributed by atoms with Gasteiger partial charge in [0.15, 0.2) is 0 Å². The van der Waals surface area contributed by atoms with Gasteiger partial charge in [-0.2, -0.15) is 0 Å². The summed E-state index contributed by atoms with van der Waals surface area (Å²) in [6.07, 6.45) is 4.95. The first-order valence-corrected chi connectivity index (χ1v) is 8.08. The van der Waals surface area contributed by atoms with Crippen molar-refractivity contribution in [2.75, 3.05) is 20.2 Å². The Morgan fingerprint density at radius 3 is 2.67 bits per heavy atom. The number of nitrogens with zero attached hydrogens (tertiary/aromatic N) is 2. The van der Waals surface area contributed by atoms with Crippen LogP contribution >= 0.6 is 0 Å². The maximum atomic E-state index is 6.18. The van der Waals surface area contributed by atoms with Crippen molar-refractivity contribution < 1.29 is 4.74 Å². The molecular formula is C17H29N3O. The van der Waals surface area contributed by atoms with E-state index in [1.54, 1.807) is 7.11 Å². The summed E-state index contributed by atoms with van der Waals surface area (Å²) in [6.45, 7) is 7.15. The molecule has 0 radical (unpaired) electrons. The molecule has 1 heterocycles. The zero-order chi connectivity index (χ0) is 15.3. The molecule has 0 spiro atoms. The fourth-order valence-electron chi connectivity index (χ4n) is 3.42. The third kappa shape index (κ3) is 3.74. The second-order valence-corrected chi connectivity index (χ2v) is 6.30. The minimum absolute atomic E-state index is 0.145. The van der Waals surface area contributed by atoms with Gasteiger partial charge in [-0.3, -0.25) is 4.90 Å². The average molecular weight is 291 g/mol. The van der Waals surface area contributed by atoms with E-state index in [0.29, 0.717) is 5.88 Å². The molecule has 1 aliphatic rings. The summed E-state index contributed by atoms with van der Waals surface area (Å²) < 4.78 is 5.23. The first-order valence-electron chi connectivity index (χ1n) is 8.08. The Labute approximate surface area is 128 Å². The maximum Gasteiger partial charge on any atom is 0.213 e. The van der Waals surface area contributed by atoms with E-state index in [1.165, 1.54) is 25.7 Å². The van der Waals surface area contributed by atoms with Crippen LogP contribution < -0.4 is 10.5 Å². The van der Waals surface area contributed by atoms with Gasteiger partial charge < -0.3 is 10.5 Å². The lowest BCUT2D eigenvalue weighted by atomic mass is 9.76. The quantitative estimate of drug-likeness (QED) is 0.875. The molecule has 4 nitrogen and oxygen atoms in total. The second-order valence-electron chi connectivity index (χ2n) is 6.30.